The molecule has 1 aliphatic carbocycles. The molecule has 4 rings (SSSR count). The molecule has 1 N–H and O–H groups in total. The molecule has 0 bridgehead atoms. The van der Waals surface area contributed by atoms with E-state index in [-0.39, 0.29) is 5.91 Å². The van der Waals surface area contributed by atoms with Gasteiger partial charge < -0.3 is 10.0 Å². The Kier molecular flexibility index (Phi) is 2.35. The molecule has 0 unspecified atom stereocenters. The van der Waals surface area contributed by atoms with Gasteiger partial charge in [-0.2, -0.15) is 0 Å². The number of fused-ring (bicyclic) bond motifs is 1. The van der Waals surface area contributed by atoms with Gasteiger partial charge in [-0.15, -0.1) is 0 Å². The second-order valence-corrected chi connectivity index (χ2v) is 5.80. The number of likely N-dealkylation sites (tertiary alicyclic amines) is 1. The largest absolute Gasteiger partial charge is 0.386 e. The molecule has 1 saturated carbocycles. The Balaban J connectivity index is 1.55. The van der Waals surface area contributed by atoms with Gasteiger partial charge in [-0.1, -0.05) is 0 Å². The van der Waals surface area contributed by atoms with Crippen LogP contribution in [0, 0.1) is 5.92 Å². The fraction of sp³-hybridized carbons (Fsp3) is 0.400. The lowest BCUT2D eigenvalue weighted by atomic mass is 9.88. The Morgan fingerprint density at radius 2 is 1.90 bits per heavy atom. The van der Waals surface area contributed by atoms with Crippen LogP contribution in [0.15, 0.2) is 30.6 Å². The molecule has 2 fully saturated rings. The highest BCUT2D eigenvalue weighted by Crippen LogP contribution is 2.44. The van der Waals surface area contributed by atoms with Crippen LogP contribution < -0.4 is 0 Å². The highest BCUT2D eigenvalue weighted by molar-refractivity contribution is 5.97. The van der Waals surface area contributed by atoms with Crippen LogP contribution in [0.2, 0.25) is 0 Å². The number of amides is 1. The van der Waals surface area contributed by atoms with E-state index in [1.54, 1.807) is 29.4 Å². The fourth-order valence-electron chi connectivity index (χ4n) is 2.92. The minimum Gasteiger partial charge on any atom is -0.386 e. The molecule has 1 amide bonds. The summed E-state index contributed by atoms with van der Waals surface area (Å²) < 4.78 is 0. The predicted octanol–water partition coefficient (Wildman–Crippen LogP) is 1.23. The molecule has 20 heavy (non-hydrogen) atoms. The monoisotopic (exact) mass is 269 g/mol. The summed E-state index contributed by atoms with van der Waals surface area (Å²) in [5, 5.41) is 10.3. The minimum atomic E-state index is -0.633. The van der Waals surface area contributed by atoms with Crippen LogP contribution in [0.1, 0.15) is 23.2 Å². The summed E-state index contributed by atoms with van der Waals surface area (Å²) in [4.78, 5) is 22.5. The molecule has 5 nitrogen and oxygen atoms in total. The molecular formula is C15H15N3O2. The van der Waals surface area contributed by atoms with E-state index in [4.69, 9.17) is 0 Å². The number of carbonyl (C=O) groups excluding carboxylic acids is 1. The topological polar surface area (TPSA) is 66.3 Å². The van der Waals surface area contributed by atoms with Crippen molar-refractivity contribution < 1.29 is 9.90 Å². The third-order valence-electron chi connectivity index (χ3n) is 4.27. The third kappa shape index (κ3) is 1.78. The van der Waals surface area contributed by atoms with E-state index >= 15 is 0 Å². The molecule has 0 atom stereocenters. The van der Waals surface area contributed by atoms with Crippen LogP contribution in [-0.2, 0) is 0 Å². The first-order valence-electron chi connectivity index (χ1n) is 6.88. The van der Waals surface area contributed by atoms with E-state index in [0.717, 1.165) is 23.9 Å². The fourth-order valence-corrected chi connectivity index (χ4v) is 2.92. The Labute approximate surface area is 116 Å². The lowest BCUT2D eigenvalue weighted by Crippen LogP contribution is -2.64. The smallest absolute Gasteiger partial charge is 0.254 e. The van der Waals surface area contributed by atoms with Gasteiger partial charge in [0, 0.05) is 18.0 Å². The number of hydrogen-bond acceptors (Lipinski definition) is 4. The first-order chi connectivity index (χ1) is 9.66. The maximum atomic E-state index is 12.4. The van der Waals surface area contributed by atoms with Gasteiger partial charge in [0.15, 0.2) is 0 Å². The first kappa shape index (κ1) is 11.8. The molecule has 5 heteroatoms. The lowest BCUT2D eigenvalue weighted by Gasteiger charge is -2.47. The van der Waals surface area contributed by atoms with Crippen molar-refractivity contribution in [1.82, 2.24) is 14.9 Å². The zero-order chi connectivity index (χ0) is 13.7. The molecule has 0 spiro atoms. The summed E-state index contributed by atoms with van der Waals surface area (Å²) in [6, 6.07) is 5.34. The summed E-state index contributed by atoms with van der Waals surface area (Å²) in [7, 11) is 0. The van der Waals surface area contributed by atoms with Crippen molar-refractivity contribution in [2.75, 3.05) is 13.1 Å². The van der Waals surface area contributed by atoms with Gasteiger partial charge in [0.05, 0.1) is 24.1 Å². The van der Waals surface area contributed by atoms with Gasteiger partial charge in [-0.05, 0) is 37.0 Å². The summed E-state index contributed by atoms with van der Waals surface area (Å²) in [6.07, 6.45) is 5.43. The van der Waals surface area contributed by atoms with E-state index < -0.39 is 5.60 Å². The van der Waals surface area contributed by atoms with Gasteiger partial charge in [0.2, 0.25) is 0 Å². The second-order valence-electron chi connectivity index (χ2n) is 5.80. The molecule has 2 aliphatic rings. The van der Waals surface area contributed by atoms with E-state index in [0.29, 0.717) is 24.6 Å². The number of nitrogens with zero attached hydrogens (tertiary/aromatic N) is 3. The number of carbonyl (C=O) groups is 1. The molecule has 0 radical (unpaired) electrons. The SMILES string of the molecule is O=C(c1ccc2nccnc2c1)N1CC(O)(C2CC2)C1. The van der Waals surface area contributed by atoms with Crippen LogP contribution in [0.25, 0.3) is 11.0 Å². The number of β-amino-alcohol motifs (C(OH)–C–C–N with tert-alkyl or cyclic N) is 1. The molecule has 2 heterocycles. The van der Waals surface area contributed by atoms with E-state index in [2.05, 4.69) is 9.97 Å². The van der Waals surface area contributed by atoms with Crippen LogP contribution in [0.5, 0.6) is 0 Å². The van der Waals surface area contributed by atoms with Gasteiger partial charge in [0.1, 0.15) is 5.60 Å². The van der Waals surface area contributed by atoms with Gasteiger partial charge >= 0.3 is 0 Å². The highest BCUT2D eigenvalue weighted by atomic mass is 16.3. The Hall–Kier alpha value is -2.01. The van der Waals surface area contributed by atoms with Crippen molar-refractivity contribution >= 4 is 16.9 Å². The molecule has 2 aromatic rings. The van der Waals surface area contributed by atoms with Crippen LogP contribution in [-0.4, -0.2) is 44.6 Å². The van der Waals surface area contributed by atoms with Crippen molar-refractivity contribution in [3.63, 3.8) is 0 Å². The van der Waals surface area contributed by atoms with Crippen molar-refractivity contribution in [3.05, 3.63) is 36.2 Å². The molecule has 102 valence electrons. The summed E-state index contributed by atoms with van der Waals surface area (Å²) in [5.41, 5.74) is 1.47. The van der Waals surface area contributed by atoms with Gasteiger partial charge in [-0.25, -0.2) is 0 Å². The highest BCUT2D eigenvalue weighted by Gasteiger charge is 2.53. The summed E-state index contributed by atoms with van der Waals surface area (Å²) in [5.74, 6) is 0.358. The maximum absolute atomic E-state index is 12.4. The number of hydrogen-bond donors (Lipinski definition) is 1. The molecular weight excluding hydrogens is 254 g/mol. The normalized spacial score (nSPS) is 20.8. The number of aromatic nitrogens is 2. The van der Waals surface area contributed by atoms with E-state index in [1.165, 1.54) is 0 Å². The van der Waals surface area contributed by atoms with Crippen LogP contribution in [0.4, 0.5) is 0 Å². The van der Waals surface area contributed by atoms with Gasteiger partial charge in [-0.3, -0.25) is 14.8 Å². The second kappa shape index (κ2) is 3.99. The van der Waals surface area contributed by atoms with Crippen LogP contribution >= 0.6 is 0 Å². The average Bonchev–Trinajstić information content (AvgIpc) is 3.27. The van der Waals surface area contributed by atoms with Crippen molar-refractivity contribution in [2.24, 2.45) is 5.92 Å². The molecule has 1 saturated heterocycles. The lowest BCUT2D eigenvalue weighted by molar-refractivity contribution is -0.0958. The molecule has 1 aromatic heterocycles. The first-order valence-corrected chi connectivity index (χ1v) is 6.88. The standard InChI is InChI=1S/C15H15N3O2/c19-14(18-8-15(20,9-18)11-2-3-11)10-1-4-12-13(7-10)17-6-5-16-12/h1,4-7,11,20H,2-3,8-9H2. The van der Waals surface area contributed by atoms with Crippen molar-refractivity contribution in [1.29, 1.82) is 0 Å². The quantitative estimate of drug-likeness (QED) is 0.890. The van der Waals surface area contributed by atoms with Crippen molar-refractivity contribution in [3.8, 4) is 0 Å². The number of benzene rings is 1. The number of aliphatic hydroxyl groups is 1. The predicted molar refractivity (Wildman–Crippen MR) is 73.1 cm³/mol. The van der Waals surface area contributed by atoms with Crippen molar-refractivity contribution in [2.45, 2.75) is 18.4 Å². The Morgan fingerprint density at radius 1 is 1.20 bits per heavy atom. The summed E-state index contributed by atoms with van der Waals surface area (Å²) in [6.45, 7) is 0.907. The Morgan fingerprint density at radius 3 is 2.60 bits per heavy atom. The van der Waals surface area contributed by atoms with Gasteiger partial charge in [0.25, 0.3) is 5.91 Å². The summed E-state index contributed by atoms with van der Waals surface area (Å²) >= 11 is 0. The Bertz CT molecular complexity index is 690. The zero-order valence-corrected chi connectivity index (χ0v) is 11.0. The van der Waals surface area contributed by atoms with E-state index in [9.17, 15) is 9.90 Å². The minimum absolute atomic E-state index is 0.0390. The molecule has 1 aliphatic heterocycles. The molecule has 1 aromatic carbocycles. The maximum Gasteiger partial charge on any atom is 0.254 e. The zero-order valence-electron chi connectivity index (χ0n) is 11.0. The third-order valence-corrected chi connectivity index (χ3v) is 4.27. The van der Waals surface area contributed by atoms with Crippen LogP contribution in [0.3, 0.4) is 0 Å². The van der Waals surface area contributed by atoms with E-state index in [1.807, 2.05) is 6.07 Å². The average molecular weight is 269 g/mol. The number of rotatable bonds is 2.